The van der Waals surface area contributed by atoms with Crippen molar-refractivity contribution in [2.75, 3.05) is 13.9 Å². The molecule has 0 radical (unpaired) electrons. The maximum Gasteiger partial charge on any atom is 0.147 e. The van der Waals surface area contributed by atoms with Crippen molar-refractivity contribution in [2.24, 2.45) is 0 Å². The van der Waals surface area contributed by atoms with Crippen LogP contribution in [0.1, 0.15) is 6.42 Å². The van der Waals surface area contributed by atoms with Gasteiger partial charge in [0.25, 0.3) is 0 Å². The fourth-order valence-electron chi connectivity index (χ4n) is 0.483. The van der Waals surface area contributed by atoms with E-state index in [4.69, 9.17) is 4.74 Å². The van der Waals surface area contributed by atoms with E-state index in [2.05, 4.69) is 11.3 Å². The molecule has 10 heavy (non-hydrogen) atoms. The molecule has 0 saturated heterocycles. The first-order chi connectivity index (χ1) is 4.85. The van der Waals surface area contributed by atoms with E-state index < -0.39 is 0 Å². The maximum atomic E-state index is 9.97. The summed E-state index contributed by atoms with van der Waals surface area (Å²) in [5, 5.41) is 0. The Balaban J connectivity index is 3.38. The average Bonchev–Trinajstić information content (AvgIpc) is 1.98. The van der Waals surface area contributed by atoms with Crippen LogP contribution in [0.25, 0.3) is 0 Å². The summed E-state index contributed by atoms with van der Waals surface area (Å²) in [5.41, 5.74) is 0. The summed E-state index contributed by atoms with van der Waals surface area (Å²) in [6.45, 7) is 3.69. The van der Waals surface area contributed by atoms with E-state index in [-0.39, 0.29) is 12.9 Å². The quantitative estimate of drug-likeness (QED) is 0.313. The SMILES string of the molecule is C=C[C@@H](CC=O)OCOC. The summed E-state index contributed by atoms with van der Waals surface area (Å²) < 4.78 is 9.64. The van der Waals surface area contributed by atoms with Gasteiger partial charge in [0.2, 0.25) is 0 Å². The molecule has 0 heterocycles. The third kappa shape index (κ3) is 4.23. The van der Waals surface area contributed by atoms with Gasteiger partial charge < -0.3 is 14.3 Å². The third-order valence-corrected chi connectivity index (χ3v) is 0.991. The lowest BCUT2D eigenvalue weighted by molar-refractivity contribution is -0.112. The smallest absolute Gasteiger partial charge is 0.147 e. The van der Waals surface area contributed by atoms with Gasteiger partial charge in [0.15, 0.2) is 0 Å². The lowest BCUT2D eigenvalue weighted by atomic mass is 10.3. The second kappa shape index (κ2) is 6.45. The normalized spacial score (nSPS) is 12.5. The molecule has 0 aromatic heterocycles. The Morgan fingerprint density at radius 3 is 2.80 bits per heavy atom. The Bertz CT molecular complexity index is 101. The van der Waals surface area contributed by atoms with Gasteiger partial charge in [-0.2, -0.15) is 0 Å². The molecular formula is C7H12O3. The molecule has 0 N–H and O–H groups in total. The van der Waals surface area contributed by atoms with Gasteiger partial charge in [-0.3, -0.25) is 0 Å². The van der Waals surface area contributed by atoms with Crippen LogP contribution in [0, 0.1) is 0 Å². The van der Waals surface area contributed by atoms with Gasteiger partial charge in [0, 0.05) is 13.5 Å². The van der Waals surface area contributed by atoms with Crippen LogP contribution < -0.4 is 0 Å². The maximum absolute atomic E-state index is 9.97. The molecule has 0 unspecified atom stereocenters. The minimum atomic E-state index is -0.211. The number of aldehydes is 1. The van der Waals surface area contributed by atoms with Crippen LogP contribution in [0.15, 0.2) is 12.7 Å². The number of hydrogen-bond acceptors (Lipinski definition) is 3. The number of methoxy groups -OCH3 is 1. The summed E-state index contributed by atoms with van der Waals surface area (Å²) in [6.07, 6.45) is 2.50. The Labute approximate surface area is 60.6 Å². The Hall–Kier alpha value is -0.670. The van der Waals surface area contributed by atoms with Crippen molar-refractivity contribution in [3.63, 3.8) is 0 Å². The third-order valence-electron chi connectivity index (χ3n) is 0.991. The van der Waals surface area contributed by atoms with Crippen LogP contribution in [0.3, 0.4) is 0 Å². The topological polar surface area (TPSA) is 35.5 Å². The molecule has 58 valence electrons. The van der Waals surface area contributed by atoms with E-state index in [0.717, 1.165) is 6.29 Å². The van der Waals surface area contributed by atoms with Crippen molar-refractivity contribution in [2.45, 2.75) is 12.5 Å². The number of carbonyl (C=O) groups excluding carboxylic acids is 1. The Kier molecular flexibility index (Phi) is 6.02. The van der Waals surface area contributed by atoms with Crippen molar-refractivity contribution >= 4 is 6.29 Å². The molecule has 0 amide bonds. The van der Waals surface area contributed by atoms with Gasteiger partial charge in [0.05, 0.1) is 6.10 Å². The fraction of sp³-hybridized carbons (Fsp3) is 0.571. The number of carbonyl (C=O) groups is 1. The first kappa shape index (κ1) is 9.33. The second-order valence-electron chi connectivity index (χ2n) is 1.75. The van der Waals surface area contributed by atoms with Gasteiger partial charge >= 0.3 is 0 Å². The summed E-state index contributed by atoms with van der Waals surface area (Å²) in [5.74, 6) is 0. The van der Waals surface area contributed by atoms with Crippen LogP contribution in [-0.2, 0) is 14.3 Å². The molecule has 0 saturated carbocycles. The number of rotatable bonds is 6. The van der Waals surface area contributed by atoms with Gasteiger partial charge in [-0.05, 0) is 0 Å². The largest absolute Gasteiger partial charge is 0.359 e. The molecule has 3 nitrogen and oxygen atoms in total. The first-order valence-corrected chi connectivity index (χ1v) is 3.02. The molecule has 0 fully saturated rings. The Morgan fingerprint density at radius 2 is 2.40 bits per heavy atom. The van der Waals surface area contributed by atoms with E-state index in [1.807, 2.05) is 0 Å². The van der Waals surface area contributed by atoms with E-state index in [0.29, 0.717) is 6.42 Å². The minimum Gasteiger partial charge on any atom is -0.359 e. The van der Waals surface area contributed by atoms with Crippen LogP contribution >= 0.6 is 0 Å². The highest BCUT2D eigenvalue weighted by Crippen LogP contribution is 1.96. The van der Waals surface area contributed by atoms with E-state index in [9.17, 15) is 4.79 Å². The lowest BCUT2D eigenvalue weighted by Gasteiger charge is -2.08. The van der Waals surface area contributed by atoms with Crippen molar-refractivity contribution in [1.82, 2.24) is 0 Å². The van der Waals surface area contributed by atoms with Gasteiger partial charge in [-0.25, -0.2) is 0 Å². The van der Waals surface area contributed by atoms with E-state index in [1.54, 1.807) is 6.08 Å². The lowest BCUT2D eigenvalue weighted by Crippen LogP contribution is -2.11. The van der Waals surface area contributed by atoms with Crippen LogP contribution in [0.4, 0.5) is 0 Å². The summed E-state index contributed by atoms with van der Waals surface area (Å²) in [7, 11) is 1.53. The predicted octanol–water partition coefficient (Wildman–Crippen LogP) is 0.750. The Morgan fingerprint density at radius 1 is 1.70 bits per heavy atom. The second-order valence-corrected chi connectivity index (χ2v) is 1.75. The molecule has 1 atom stereocenters. The number of hydrogen-bond donors (Lipinski definition) is 0. The van der Waals surface area contributed by atoms with Crippen molar-refractivity contribution in [3.05, 3.63) is 12.7 Å². The predicted molar refractivity (Wildman–Crippen MR) is 37.6 cm³/mol. The molecular weight excluding hydrogens is 132 g/mol. The average molecular weight is 144 g/mol. The van der Waals surface area contributed by atoms with Gasteiger partial charge in [0.1, 0.15) is 13.1 Å². The molecule has 0 aromatic carbocycles. The van der Waals surface area contributed by atoms with E-state index in [1.165, 1.54) is 7.11 Å². The summed E-state index contributed by atoms with van der Waals surface area (Å²) in [6, 6.07) is 0. The standard InChI is InChI=1S/C7H12O3/c1-3-7(4-5-8)10-6-9-2/h3,5,7H,1,4,6H2,2H3/t7-/m0/s1. The molecule has 0 rings (SSSR count). The van der Waals surface area contributed by atoms with Crippen LogP contribution in [0.2, 0.25) is 0 Å². The molecule has 0 aliphatic carbocycles. The van der Waals surface area contributed by atoms with Gasteiger partial charge in [-0.1, -0.05) is 6.08 Å². The molecule has 0 spiro atoms. The monoisotopic (exact) mass is 144 g/mol. The zero-order valence-electron chi connectivity index (χ0n) is 6.08. The van der Waals surface area contributed by atoms with Crippen LogP contribution in [-0.4, -0.2) is 26.3 Å². The van der Waals surface area contributed by atoms with Gasteiger partial charge in [-0.15, -0.1) is 6.58 Å². The molecule has 0 aromatic rings. The molecule has 0 aliphatic heterocycles. The van der Waals surface area contributed by atoms with Crippen molar-refractivity contribution < 1.29 is 14.3 Å². The number of ether oxygens (including phenoxy) is 2. The van der Waals surface area contributed by atoms with Crippen molar-refractivity contribution in [1.29, 1.82) is 0 Å². The van der Waals surface area contributed by atoms with Crippen molar-refractivity contribution in [3.8, 4) is 0 Å². The zero-order valence-corrected chi connectivity index (χ0v) is 6.08. The summed E-state index contributed by atoms with van der Waals surface area (Å²) >= 11 is 0. The highest BCUT2D eigenvalue weighted by molar-refractivity contribution is 5.50. The minimum absolute atomic E-state index is 0.199. The molecule has 3 heteroatoms. The van der Waals surface area contributed by atoms with E-state index >= 15 is 0 Å². The highest BCUT2D eigenvalue weighted by Gasteiger charge is 2.00. The highest BCUT2D eigenvalue weighted by atomic mass is 16.7. The fourth-order valence-corrected chi connectivity index (χ4v) is 0.483. The zero-order chi connectivity index (χ0) is 7.82. The first-order valence-electron chi connectivity index (χ1n) is 3.02. The van der Waals surface area contributed by atoms with Crippen LogP contribution in [0.5, 0.6) is 0 Å². The summed E-state index contributed by atoms with van der Waals surface area (Å²) in [4.78, 5) is 9.97. The molecule has 0 bridgehead atoms. The molecule has 0 aliphatic rings.